The highest BCUT2D eigenvalue weighted by Crippen LogP contribution is 2.44. The van der Waals surface area contributed by atoms with Crippen molar-refractivity contribution in [3.8, 4) is 6.07 Å². The number of carbonyl (C=O) groups excluding carboxylic acids is 1. The minimum Gasteiger partial charge on any atom is -0.335 e. The number of benzene rings is 1. The molecule has 0 bridgehead atoms. The molecule has 29 heavy (non-hydrogen) atoms. The first-order valence-electron chi connectivity index (χ1n) is 10.2. The molecule has 4 rings (SSSR count). The number of anilines is 1. The minimum absolute atomic E-state index is 0.0862. The van der Waals surface area contributed by atoms with E-state index in [0.29, 0.717) is 16.5 Å². The van der Waals surface area contributed by atoms with Crippen molar-refractivity contribution in [2.45, 2.75) is 53.5 Å². The van der Waals surface area contributed by atoms with E-state index >= 15 is 0 Å². The zero-order valence-corrected chi connectivity index (χ0v) is 18.3. The van der Waals surface area contributed by atoms with E-state index < -0.39 is 0 Å². The van der Waals surface area contributed by atoms with E-state index in [1.165, 1.54) is 4.88 Å². The molecule has 4 nitrogen and oxygen atoms in total. The van der Waals surface area contributed by atoms with Gasteiger partial charge in [0.05, 0.1) is 5.56 Å². The van der Waals surface area contributed by atoms with Gasteiger partial charge in [0.15, 0.2) is 0 Å². The van der Waals surface area contributed by atoms with Crippen LogP contribution in [0.1, 0.15) is 48.9 Å². The maximum Gasteiger partial charge on any atom is 0.244 e. The first-order chi connectivity index (χ1) is 13.8. The zero-order chi connectivity index (χ0) is 20.8. The number of hydrogen-bond acceptors (Lipinski definition) is 3. The van der Waals surface area contributed by atoms with Crippen LogP contribution in [0.25, 0.3) is 10.9 Å². The Morgan fingerprint density at radius 2 is 2.10 bits per heavy atom. The van der Waals surface area contributed by atoms with E-state index in [1.807, 2.05) is 29.7 Å². The summed E-state index contributed by atoms with van der Waals surface area (Å²) in [7, 11) is 0. The molecule has 1 atom stereocenters. The highest BCUT2D eigenvalue weighted by Gasteiger charge is 2.32. The van der Waals surface area contributed by atoms with Crippen LogP contribution >= 0.6 is 11.3 Å². The number of carbonyl (C=O) groups is 1. The largest absolute Gasteiger partial charge is 0.335 e. The monoisotopic (exact) mass is 405 g/mol. The number of hydrogen-bond donors (Lipinski definition) is 1. The van der Waals surface area contributed by atoms with Crippen molar-refractivity contribution in [3.63, 3.8) is 0 Å². The molecule has 150 valence electrons. The Bertz CT molecular complexity index is 1120. The lowest BCUT2D eigenvalue weighted by atomic mass is 9.72. The van der Waals surface area contributed by atoms with Gasteiger partial charge in [0.25, 0.3) is 0 Å². The number of nitriles is 1. The van der Waals surface area contributed by atoms with Gasteiger partial charge in [0.1, 0.15) is 17.6 Å². The number of aromatic nitrogens is 1. The van der Waals surface area contributed by atoms with Crippen LogP contribution in [0.4, 0.5) is 5.00 Å². The Kier molecular flexibility index (Phi) is 5.00. The van der Waals surface area contributed by atoms with Crippen LogP contribution < -0.4 is 5.32 Å². The third-order valence-corrected chi connectivity index (χ3v) is 7.34. The molecule has 2 heterocycles. The van der Waals surface area contributed by atoms with E-state index in [2.05, 4.69) is 44.3 Å². The molecule has 5 heteroatoms. The molecule has 1 N–H and O–H groups in total. The number of nitrogens with one attached hydrogen (secondary N) is 1. The van der Waals surface area contributed by atoms with Crippen molar-refractivity contribution in [2.24, 2.45) is 11.3 Å². The number of rotatable bonds is 3. The predicted molar refractivity (Wildman–Crippen MR) is 119 cm³/mol. The fraction of sp³-hybridized carbons (Fsp3) is 0.417. The van der Waals surface area contributed by atoms with Crippen molar-refractivity contribution >= 4 is 33.1 Å². The first-order valence-corrected chi connectivity index (χ1v) is 11.0. The summed E-state index contributed by atoms with van der Waals surface area (Å²) in [6.07, 6.45) is 3.02. The van der Waals surface area contributed by atoms with Crippen molar-refractivity contribution in [1.29, 1.82) is 5.26 Å². The van der Waals surface area contributed by atoms with E-state index in [-0.39, 0.29) is 17.9 Å². The predicted octanol–water partition coefficient (Wildman–Crippen LogP) is 5.67. The second kappa shape index (κ2) is 7.35. The highest BCUT2D eigenvalue weighted by atomic mass is 32.1. The van der Waals surface area contributed by atoms with Gasteiger partial charge in [-0.15, -0.1) is 11.3 Å². The molecule has 2 aromatic heterocycles. The fourth-order valence-electron chi connectivity index (χ4n) is 4.40. The van der Waals surface area contributed by atoms with Crippen molar-refractivity contribution < 1.29 is 4.79 Å². The number of thiophene rings is 1. The molecule has 3 aromatic rings. The quantitative estimate of drug-likeness (QED) is 0.610. The van der Waals surface area contributed by atoms with E-state index in [4.69, 9.17) is 0 Å². The van der Waals surface area contributed by atoms with Crippen LogP contribution in [0.3, 0.4) is 0 Å². The Hall–Kier alpha value is -2.58. The van der Waals surface area contributed by atoms with Gasteiger partial charge in [0, 0.05) is 16.1 Å². The molecule has 1 aliphatic carbocycles. The number of amides is 1. The molecule has 0 radical (unpaired) electrons. The third kappa shape index (κ3) is 3.70. The second-order valence-corrected chi connectivity index (χ2v) is 10.2. The van der Waals surface area contributed by atoms with Crippen LogP contribution in [-0.4, -0.2) is 10.5 Å². The van der Waals surface area contributed by atoms with Crippen molar-refractivity contribution in [1.82, 2.24) is 4.57 Å². The molecule has 1 aliphatic rings. The van der Waals surface area contributed by atoms with Gasteiger partial charge < -0.3 is 9.88 Å². The molecular formula is C24H27N3OS. The normalized spacial score (nSPS) is 16.4. The summed E-state index contributed by atoms with van der Waals surface area (Å²) in [5.74, 6) is 0.523. The molecule has 1 amide bonds. The zero-order valence-electron chi connectivity index (χ0n) is 17.5. The Labute approximate surface area is 176 Å². The summed E-state index contributed by atoms with van der Waals surface area (Å²) in [6, 6.07) is 12.5. The van der Waals surface area contributed by atoms with Crippen LogP contribution in [0.2, 0.25) is 0 Å². The number of para-hydroxylation sites is 1. The molecule has 0 fully saturated rings. The SMILES string of the molecule is Cc1cc2ccccc2n1CC(=O)Nc1sc2c(c1C#N)CC[C@H](C(C)(C)C)C2. The molecule has 0 aliphatic heterocycles. The summed E-state index contributed by atoms with van der Waals surface area (Å²) in [6.45, 7) is 9.12. The van der Waals surface area contributed by atoms with Gasteiger partial charge in [-0.1, -0.05) is 39.0 Å². The maximum absolute atomic E-state index is 12.8. The number of aryl methyl sites for hydroxylation is 1. The molecule has 0 saturated heterocycles. The molecule has 0 unspecified atom stereocenters. The van der Waals surface area contributed by atoms with Gasteiger partial charge in [-0.05, 0) is 60.6 Å². The maximum atomic E-state index is 12.8. The average Bonchev–Trinajstić information content (AvgIpc) is 3.17. The van der Waals surface area contributed by atoms with Crippen LogP contribution in [0.5, 0.6) is 0 Å². The lowest BCUT2D eigenvalue weighted by Crippen LogP contribution is -2.26. The Morgan fingerprint density at radius 1 is 1.34 bits per heavy atom. The van der Waals surface area contributed by atoms with Gasteiger partial charge in [0.2, 0.25) is 5.91 Å². The summed E-state index contributed by atoms with van der Waals surface area (Å²) in [5, 5.41) is 14.6. The molecule has 0 spiro atoms. The number of nitrogens with zero attached hydrogens (tertiary/aromatic N) is 2. The van der Waals surface area contributed by atoms with Crippen molar-refractivity contribution in [2.75, 3.05) is 5.32 Å². The highest BCUT2D eigenvalue weighted by molar-refractivity contribution is 7.16. The second-order valence-electron chi connectivity index (χ2n) is 9.10. The van der Waals surface area contributed by atoms with Crippen molar-refractivity contribution in [3.05, 3.63) is 52.0 Å². The van der Waals surface area contributed by atoms with E-state index in [9.17, 15) is 10.1 Å². The lowest BCUT2D eigenvalue weighted by Gasteiger charge is -2.33. The average molecular weight is 406 g/mol. The fourth-order valence-corrected chi connectivity index (χ4v) is 5.69. The summed E-state index contributed by atoms with van der Waals surface area (Å²) < 4.78 is 2.03. The molecule has 1 aromatic carbocycles. The third-order valence-electron chi connectivity index (χ3n) is 6.17. The topological polar surface area (TPSA) is 57.8 Å². The lowest BCUT2D eigenvalue weighted by molar-refractivity contribution is -0.116. The van der Waals surface area contributed by atoms with Crippen LogP contribution in [0, 0.1) is 29.6 Å². The summed E-state index contributed by atoms with van der Waals surface area (Å²) in [5.41, 5.74) is 4.18. The van der Waals surface area contributed by atoms with Gasteiger partial charge in [-0.25, -0.2) is 0 Å². The van der Waals surface area contributed by atoms with Gasteiger partial charge in [-0.3, -0.25) is 4.79 Å². The Balaban J connectivity index is 1.57. The van der Waals surface area contributed by atoms with E-state index in [1.54, 1.807) is 11.3 Å². The van der Waals surface area contributed by atoms with Crippen LogP contribution in [-0.2, 0) is 24.2 Å². The van der Waals surface area contributed by atoms with Gasteiger partial charge in [-0.2, -0.15) is 5.26 Å². The van der Waals surface area contributed by atoms with Crippen LogP contribution in [0.15, 0.2) is 30.3 Å². The van der Waals surface area contributed by atoms with E-state index in [0.717, 1.165) is 41.4 Å². The first kappa shape index (κ1) is 19.7. The number of fused-ring (bicyclic) bond motifs is 2. The standard InChI is InChI=1S/C24H27N3OS/c1-15-11-16-7-5-6-8-20(16)27(15)14-22(28)26-23-19(13-25)18-10-9-17(24(2,3)4)12-21(18)29-23/h5-8,11,17H,9-10,12,14H2,1-4H3,(H,26,28)/t17-/m0/s1. The minimum atomic E-state index is -0.0862. The Morgan fingerprint density at radius 3 is 2.83 bits per heavy atom. The smallest absolute Gasteiger partial charge is 0.244 e. The molecular weight excluding hydrogens is 378 g/mol. The molecule has 0 saturated carbocycles. The summed E-state index contributed by atoms with van der Waals surface area (Å²) >= 11 is 1.59. The van der Waals surface area contributed by atoms with Gasteiger partial charge >= 0.3 is 0 Å². The summed E-state index contributed by atoms with van der Waals surface area (Å²) in [4.78, 5) is 14.1.